The van der Waals surface area contributed by atoms with E-state index in [2.05, 4.69) is 34.9 Å². The van der Waals surface area contributed by atoms with E-state index in [1.165, 1.54) is 12.0 Å². The molecule has 0 spiro atoms. The Morgan fingerprint density at radius 3 is 2.54 bits per heavy atom. The summed E-state index contributed by atoms with van der Waals surface area (Å²) in [5.74, 6) is 0.245. The van der Waals surface area contributed by atoms with E-state index >= 15 is 0 Å². The van der Waals surface area contributed by atoms with Gasteiger partial charge in [-0.15, -0.1) is 0 Å². The number of carbonyl (C=O) groups is 2. The summed E-state index contributed by atoms with van der Waals surface area (Å²) in [5, 5.41) is 5.94. The summed E-state index contributed by atoms with van der Waals surface area (Å²) >= 11 is 0. The predicted molar refractivity (Wildman–Crippen MR) is 93.8 cm³/mol. The molecule has 1 heterocycles. The van der Waals surface area contributed by atoms with Gasteiger partial charge in [-0.3, -0.25) is 4.79 Å². The number of urea groups is 1. The van der Waals surface area contributed by atoms with Gasteiger partial charge < -0.3 is 15.5 Å². The normalized spacial score (nSPS) is 19.0. The van der Waals surface area contributed by atoms with Crippen molar-refractivity contribution in [3.05, 3.63) is 35.9 Å². The molecule has 1 aromatic rings. The van der Waals surface area contributed by atoms with Crippen molar-refractivity contribution >= 4 is 11.9 Å². The zero-order valence-electron chi connectivity index (χ0n) is 14.2. The molecule has 3 rings (SSSR count). The zero-order valence-corrected chi connectivity index (χ0v) is 14.2. The molecule has 1 saturated heterocycles. The average Bonchev–Trinajstić information content (AvgIpc) is 2.97. The summed E-state index contributed by atoms with van der Waals surface area (Å²) in [6.07, 6.45) is 5.94. The molecule has 3 amide bonds. The van der Waals surface area contributed by atoms with E-state index in [9.17, 15) is 9.59 Å². The van der Waals surface area contributed by atoms with Crippen LogP contribution in [0.5, 0.6) is 0 Å². The first-order valence-electron chi connectivity index (χ1n) is 9.05. The fraction of sp³-hybridized carbons (Fsp3) is 0.579. The van der Waals surface area contributed by atoms with Crippen LogP contribution in [0.25, 0.3) is 0 Å². The first-order chi connectivity index (χ1) is 11.7. The SMILES string of the molecule is O=C(NCCCN1CCCC1=O)NCC1(c2ccccc2)CCC1. The van der Waals surface area contributed by atoms with E-state index in [1.54, 1.807) is 0 Å². The summed E-state index contributed by atoms with van der Waals surface area (Å²) < 4.78 is 0. The second kappa shape index (κ2) is 7.69. The molecule has 0 bridgehead atoms. The van der Waals surface area contributed by atoms with Gasteiger partial charge in [0.15, 0.2) is 0 Å². The van der Waals surface area contributed by atoms with Crippen LogP contribution in [0.15, 0.2) is 30.3 Å². The molecule has 24 heavy (non-hydrogen) atoms. The maximum absolute atomic E-state index is 12.0. The smallest absolute Gasteiger partial charge is 0.314 e. The number of likely N-dealkylation sites (tertiary alicyclic amines) is 1. The Morgan fingerprint density at radius 2 is 1.92 bits per heavy atom. The lowest BCUT2D eigenvalue weighted by Gasteiger charge is -2.42. The van der Waals surface area contributed by atoms with Crippen LogP contribution in [0.3, 0.4) is 0 Å². The van der Waals surface area contributed by atoms with Crippen molar-refractivity contribution in [2.24, 2.45) is 0 Å². The quantitative estimate of drug-likeness (QED) is 0.755. The Kier molecular flexibility index (Phi) is 5.38. The highest BCUT2D eigenvalue weighted by Crippen LogP contribution is 2.43. The van der Waals surface area contributed by atoms with Gasteiger partial charge in [0.05, 0.1) is 0 Å². The number of hydrogen-bond donors (Lipinski definition) is 2. The monoisotopic (exact) mass is 329 g/mol. The van der Waals surface area contributed by atoms with Crippen LogP contribution in [0.4, 0.5) is 4.79 Å². The van der Waals surface area contributed by atoms with E-state index in [4.69, 9.17) is 0 Å². The molecule has 0 aromatic heterocycles. The lowest BCUT2D eigenvalue weighted by atomic mass is 9.64. The molecule has 2 N–H and O–H groups in total. The Hall–Kier alpha value is -2.04. The van der Waals surface area contributed by atoms with Crippen LogP contribution < -0.4 is 10.6 Å². The van der Waals surface area contributed by atoms with Crippen LogP contribution >= 0.6 is 0 Å². The molecule has 2 aliphatic rings. The van der Waals surface area contributed by atoms with Gasteiger partial charge in [0.2, 0.25) is 5.91 Å². The third-order valence-corrected chi connectivity index (χ3v) is 5.35. The Morgan fingerprint density at radius 1 is 1.12 bits per heavy atom. The van der Waals surface area contributed by atoms with Crippen molar-refractivity contribution in [1.82, 2.24) is 15.5 Å². The van der Waals surface area contributed by atoms with Crippen LogP contribution in [-0.4, -0.2) is 43.0 Å². The fourth-order valence-electron chi connectivity index (χ4n) is 3.69. The fourth-order valence-corrected chi connectivity index (χ4v) is 3.69. The van der Waals surface area contributed by atoms with E-state index < -0.39 is 0 Å². The molecule has 5 nitrogen and oxygen atoms in total. The van der Waals surface area contributed by atoms with Crippen molar-refractivity contribution < 1.29 is 9.59 Å². The second-order valence-corrected chi connectivity index (χ2v) is 6.95. The molecule has 0 unspecified atom stereocenters. The number of benzene rings is 1. The molecule has 2 fully saturated rings. The van der Waals surface area contributed by atoms with Gasteiger partial charge in [-0.05, 0) is 31.2 Å². The van der Waals surface area contributed by atoms with Crippen LogP contribution in [0.1, 0.15) is 44.1 Å². The standard InChI is InChI=1S/C19H27N3O2/c23-17-9-4-13-22(17)14-6-12-20-18(24)21-15-19(10-5-11-19)16-7-2-1-3-8-16/h1-3,7-8H,4-6,9-15H2,(H2,20,21,24). The van der Waals surface area contributed by atoms with Gasteiger partial charge in [-0.1, -0.05) is 36.8 Å². The molecule has 1 aliphatic heterocycles. The Bertz CT molecular complexity index is 569. The molecule has 1 aliphatic carbocycles. The maximum Gasteiger partial charge on any atom is 0.314 e. The molecular formula is C19H27N3O2. The van der Waals surface area contributed by atoms with Gasteiger partial charge in [-0.2, -0.15) is 0 Å². The van der Waals surface area contributed by atoms with E-state index in [0.29, 0.717) is 19.5 Å². The van der Waals surface area contributed by atoms with Crippen molar-refractivity contribution in [2.45, 2.75) is 43.9 Å². The van der Waals surface area contributed by atoms with E-state index in [0.717, 1.165) is 38.8 Å². The number of amides is 3. The molecule has 130 valence electrons. The molecule has 0 atom stereocenters. The highest BCUT2D eigenvalue weighted by molar-refractivity contribution is 5.78. The number of nitrogens with zero attached hydrogens (tertiary/aromatic N) is 1. The number of nitrogens with one attached hydrogen (secondary N) is 2. The summed E-state index contributed by atoms with van der Waals surface area (Å²) in [7, 11) is 0. The summed E-state index contributed by atoms with van der Waals surface area (Å²) in [5.41, 5.74) is 1.43. The Labute approximate surface area is 143 Å². The van der Waals surface area contributed by atoms with Crippen LogP contribution in [-0.2, 0) is 10.2 Å². The lowest BCUT2D eigenvalue weighted by molar-refractivity contribution is -0.127. The molecule has 1 saturated carbocycles. The van der Waals surface area contributed by atoms with Crippen LogP contribution in [0, 0.1) is 0 Å². The van der Waals surface area contributed by atoms with Gasteiger partial charge in [0.1, 0.15) is 0 Å². The zero-order chi connectivity index (χ0) is 16.8. The first kappa shape index (κ1) is 16.8. The minimum atomic E-state index is -0.107. The van der Waals surface area contributed by atoms with E-state index in [-0.39, 0.29) is 17.4 Å². The minimum absolute atomic E-state index is 0.107. The van der Waals surface area contributed by atoms with Gasteiger partial charge in [-0.25, -0.2) is 4.79 Å². The minimum Gasteiger partial charge on any atom is -0.343 e. The van der Waals surface area contributed by atoms with Gasteiger partial charge in [0.25, 0.3) is 0 Å². The lowest BCUT2D eigenvalue weighted by Crippen LogP contribution is -2.48. The third-order valence-electron chi connectivity index (χ3n) is 5.35. The van der Waals surface area contributed by atoms with Crippen molar-refractivity contribution in [3.63, 3.8) is 0 Å². The van der Waals surface area contributed by atoms with Crippen LogP contribution in [0.2, 0.25) is 0 Å². The van der Waals surface area contributed by atoms with Crippen molar-refractivity contribution in [2.75, 3.05) is 26.2 Å². The highest BCUT2D eigenvalue weighted by atomic mass is 16.2. The summed E-state index contributed by atoms with van der Waals surface area (Å²) in [6, 6.07) is 10.4. The molecule has 0 radical (unpaired) electrons. The number of hydrogen-bond acceptors (Lipinski definition) is 2. The van der Waals surface area contributed by atoms with E-state index in [1.807, 2.05) is 11.0 Å². The predicted octanol–water partition coefficient (Wildman–Crippen LogP) is 2.42. The number of rotatable bonds is 7. The Balaban J connectivity index is 1.37. The maximum atomic E-state index is 12.0. The highest BCUT2D eigenvalue weighted by Gasteiger charge is 2.38. The average molecular weight is 329 g/mol. The largest absolute Gasteiger partial charge is 0.343 e. The van der Waals surface area contributed by atoms with Crippen molar-refractivity contribution in [1.29, 1.82) is 0 Å². The summed E-state index contributed by atoms with van der Waals surface area (Å²) in [4.78, 5) is 25.4. The molecule has 5 heteroatoms. The number of carbonyl (C=O) groups excluding carboxylic acids is 2. The summed E-state index contributed by atoms with van der Waals surface area (Å²) in [6.45, 7) is 2.90. The topological polar surface area (TPSA) is 61.4 Å². The molecule has 1 aromatic carbocycles. The van der Waals surface area contributed by atoms with Gasteiger partial charge in [0, 0.05) is 38.0 Å². The third kappa shape index (κ3) is 3.89. The van der Waals surface area contributed by atoms with Crippen molar-refractivity contribution in [3.8, 4) is 0 Å². The first-order valence-corrected chi connectivity index (χ1v) is 9.05. The molecular weight excluding hydrogens is 302 g/mol. The second-order valence-electron chi connectivity index (χ2n) is 6.95. The van der Waals surface area contributed by atoms with Gasteiger partial charge >= 0.3 is 6.03 Å².